The van der Waals surface area contributed by atoms with Crippen LogP contribution >= 0.6 is 11.6 Å². The standard InChI is InChI=1S/C28H30ClN7O3/c1-17(39-2)32-19-8-9-20-22(15-19)33-26(37)7-5-3-4-6-25(27-31-16-24(20)34-27)36-13-11-21(35-28(36)38)23-14-18(29)10-12-30-23/h3-4,8-10,12,14-16,21,25,32H,1,5-7,11,13H2,2H3,(H,31,34)(H,33,37)(H,35,38)/b4-3+/t21?,25-/m0/s1. The Morgan fingerprint density at radius 1 is 1.21 bits per heavy atom. The molecule has 4 N–H and O–H groups in total. The van der Waals surface area contributed by atoms with Crippen molar-refractivity contribution < 1.29 is 14.3 Å². The molecule has 39 heavy (non-hydrogen) atoms. The summed E-state index contributed by atoms with van der Waals surface area (Å²) in [5.41, 5.74) is 3.58. The summed E-state index contributed by atoms with van der Waals surface area (Å²) in [6, 6.07) is 8.35. The minimum atomic E-state index is -0.317. The lowest BCUT2D eigenvalue weighted by Gasteiger charge is -2.37. The maximum atomic E-state index is 13.3. The number of halogens is 1. The van der Waals surface area contributed by atoms with Gasteiger partial charge in [-0.05, 0) is 56.2 Å². The Hall–Kier alpha value is -4.31. The van der Waals surface area contributed by atoms with Crippen molar-refractivity contribution in [1.82, 2.24) is 25.2 Å². The predicted molar refractivity (Wildman–Crippen MR) is 150 cm³/mol. The van der Waals surface area contributed by atoms with Crippen LogP contribution in [0.25, 0.3) is 11.3 Å². The smallest absolute Gasteiger partial charge is 0.318 e. The van der Waals surface area contributed by atoms with Crippen LogP contribution in [0, 0.1) is 0 Å². The van der Waals surface area contributed by atoms with Crippen molar-refractivity contribution in [3.63, 3.8) is 0 Å². The van der Waals surface area contributed by atoms with Gasteiger partial charge in [0.15, 0.2) is 5.88 Å². The molecule has 1 saturated heterocycles. The van der Waals surface area contributed by atoms with Gasteiger partial charge in [0, 0.05) is 35.4 Å². The SMILES string of the molecule is C=C(Nc1ccc2c(c1)NC(=O)CC/C=C/C[C@H](N1CCC(c3cc(Cl)ccn3)NC1=O)c1ncc-2[nH]1)OC. The minimum absolute atomic E-state index is 0.102. The fourth-order valence-corrected chi connectivity index (χ4v) is 4.94. The Morgan fingerprint density at radius 3 is 2.87 bits per heavy atom. The molecule has 2 aromatic heterocycles. The number of amides is 3. The molecule has 1 aromatic carbocycles. The lowest BCUT2D eigenvalue weighted by molar-refractivity contribution is -0.116. The van der Waals surface area contributed by atoms with E-state index in [9.17, 15) is 9.59 Å². The summed E-state index contributed by atoms with van der Waals surface area (Å²) in [6.45, 7) is 4.32. The summed E-state index contributed by atoms with van der Waals surface area (Å²) in [4.78, 5) is 40.3. The number of allylic oxidation sites excluding steroid dienone is 1. The molecule has 2 aliphatic rings. The predicted octanol–water partition coefficient (Wildman–Crippen LogP) is 5.53. The van der Waals surface area contributed by atoms with Crippen molar-refractivity contribution in [2.45, 2.75) is 37.8 Å². The number of hydrogen-bond donors (Lipinski definition) is 4. The van der Waals surface area contributed by atoms with Crippen LogP contribution in [0.1, 0.15) is 49.3 Å². The highest BCUT2D eigenvalue weighted by atomic mass is 35.5. The van der Waals surface area contributed by atoms with Gasteiger partial charge in [0.05, 0.1) is 42.5 Å². The number of ether oxygens (including phenoxy) is 1. The van der Waals surface area contributed by atoms with Crippen LogP contribution in [-0.4, -0.2) is 45.4 Å². The fourth-order valence-electron chi connectivity index (χ4n) is 4.78. The Morgan fingerprint density at radius 2 is 2.08 bits per heavy atom. The molecule has 3 aromatic rings. The number of imidazole rings is 1. The van der Waals surface area contributed by atoms with Gasteiger partial charge in [-0.25, -0.2) is 9.78 Å². The van der Waals surface area contributed by atoms with E-state index in [0.717, 1.165) is 22.6 Å². The molecule has 0 spiro atoms. The number of carbonyl (C=O) groups is 2. The molecule has 2 aliphatic heterocycles. The van der Waals surface area contributed by atoms with E-state index >= 15 is 0 Å². The first-order valence-electron chi connectivity index (χ1n) is 12.7. The molecule has 2 bridgehead atoms. The van der Waals surface area contributed by atoms with E-state index in [1.54, 1.807) is 29.4 Å². The molecule has 202 valence electrons. The van der Waals surface area contributed by atoms with Crippen LogP contribution in [0.4, 0.5) is 16.2 Å². The maximum absolute atomic E-state index is 13.3. The van der Waals surface area contributed by atoms with Gasteiger partial charge in [0.1, 0.15) is 5.82 Å². The van der Waals surface area contributed by atoms with E-state index < -0.39 is 0 Å². The van der Waals surface area contributed by atoms with Crippen LogP contribution in [0.15, 0.2) is 67.3 Å². The van der Waals surface area contributed by atoms with E-state index in [4.69, 9.17) is 16.3 Å². The number of nitrogens with zero attached hydrogens (tertiary/aromatic N) is 3. The number of carbonyl (C=O) groups excluding carboxylic acids is 2. The molecule has 11 heteroatoms. The monoisotopic (exact) mass is 547 g/mol. The van der Waals surface area contributed by atoms with Crippen molar-refractivity contribution in [2.75, 3.05) is 24.3 Å². The number of methoxy groups -OCH3 is 1. The van der Waals surface area contributed by atoms with Gasteiger partial charge in [-0.3, -0.25) is 9.78 Å². The van der Waals surface area contributed by atoms with Crippen molar-refractivity contribution in [2.24, 2.45) is 0 Å². The zero-order valence-electron chi connectivity index (χ0n) is 21.5. The summed E-state index contributed by atoms with van der Waals surface area (Å²) in [6.07, 6.45) is 9.47. The highest BCUT2D eigenvalue weighted by Gasteiger charge is 2.33. The lowest BCUT2D eigenvalue weighted by atomic mass is 10.0. The molecule has 1 unspecified atom stereocenters. The molecule has 2 atom stereocenters. The zero-order chi connectivity index (χ0) is 27.4. The number of aromatic amines is 1. The molecule has 5 rings (SSSR count). The van der Waals surface area contributed by atoms with Crippen molar-refractivity contribution >= 4 is 34.9 Å². The van der Waals surface area contributed by atoms with Crippen LogP contribution in [0.2, 0.25) is 5.02 Å². The first-order chi connectivity index (χ1) is 18.9. The van der Waals surface area contributed by atoms with Gasteiger partial charge >= 0.3 is 6.03 Å². The number of aromatic nitrogens is 3. The molecule has 3 amide bonds. The summed E-state index contributed by atoms with van der Waals surface area (Å²) in [5.74, 6) is 0.946. The molecule has 10 nitrogen and oxygen atoms in total. The Bertz CT molecular complexity index is 1420. The average molecular weight is 548 g/mol. The topological polar surface area (TPSA) is 124 Å². The van der Waals surface area contributed by atoms with Gasteiger partial charge in [-0.1, -0.05) is 23.8 Å². The molecular formula is C28H30ClN7O3. The molecular weight excluding hydrogens is 518 g/mol. The quantitative estimate of drug-likeness (QED) is 0.246. The summed E-state index contributed by atoms with van der Waals surface area (Å²) in [5, 5.41) is 9.73. The number of pyridine rings is 1. The number of H-pyrrole nitrogens is 1. The summed E-state index contributed by atoms with van der Waals surface area (Å²) >= 11 is 6.14. The lowest BCUT2D eigenvalue weighted by Crippen LogP contribution is -2.49. The number of anilines is 2. The van der Waals surface area contributed by atoms with Crippen molar-refractivity contribution in [1.29, 1.82) is 0 Å². The minimum Gasteiger partial charge on any atom is -0.483 e. The number of fused-ring (bicyclic) bond motifs is 4. The normalized spacial score (nSPS) is 20.3. The second-order valence-electron chi connectivity index (χ2n) is 9.39. The fraction of sp³-hybridized carbons (Fsp3) is 0.286. The van der Waals surface area contributed by atoms with Gasteiger partial charge in [-0.15, -0.1) is 0 Å². The largest absolute Gasteiger partial charge is 0.483 e. The van der Waals surface area contributed by atoms with Gasteiger partial charge < -0.3 is 30.6 Å². The van der Waals surface area contributed by atoms with Crippen LogP contribution < -0.4 is 16.0 Å². The van der Waals surface area contributed by atoms with Gasteiger partial charge in [0.2, 0.25) is 5.91 Å². The van der Waals surface area contributed by atoms with E-state index in [2.05, 4.69) is 37.5 Å². The third-order valence-electron chi connectivity index (χ3n) is 6.78. The first-order valence-corrected chi connectivity index (χ1v) is 13.1. The Balaban J connectivity index is 1.43. The third-order valence-corrected chi connectivity index (χ3v) is 7.02. The second-order valence-corrected chi connectivity index (χ2v) is 9.82. The van der Waals surface area contributed by atoms with Gasteiger partial charge in [0.25, 0.3) is 0 Å². The molecule has 0 saturated carbocycles. The molecule has 1 fully saturated rings. The Labute approximate surface area is 231 Å². The molecule has 0 radical (unpaired) electrons. The maximum Gasteiger partial charge on any atom is 0.318 e. The summed E-state index contributed by atoms with van der Waals surface area (Å²) < 4.78 is 5.12. The third kappa shape index (κ3) is 6.06. The highest BCUT2D eigenvalue weighted by Crippen LogP contribution is 2.34. The second kappa shape index (κ2) is 11.6. The number of nitrogens with one attached hydrogen (secondary N) is 4. The van der Waals surface area contributed by atoms with E-state index in [0.29, 0.717) is 54.6 Å². The number of hydrogen-bond acceptors (Lipinski definition) is 6. The van der Waals surface area contributed by atoms with Crippen LogP contribution in [0.3, 0.4) is 0 Å². The van der Waals surface area contributed by atoms with E-state index in [1.807, 2.05) is 30.4 Å². The number of benzene rings is 1. The van der Waals surface area contributed by atoms with Crippen molar-refractivity contribution in [3.05, 3.63) is 83.9 Å². The highest BCUT2D eigenvalue weighted by molar-refractivity contribution is 6.30. The van der Waals surface area contributed by atoms with Crippen LogP contribution in [0.5, 0.6) is 0 Å². The van der Waals surface area contributed by atoms with Crippen LogP contribution in [-0.2, 0) is 9.53 Å². The average Bonchev–Trinajstić information content (AvgIpc) is 3.40. The molecule has 4 heterocycles. The van der Waals surface area contributed by atoms with E-state index in [1.165, 1.54) is 7.11 Å². The van der Waals surface area contributed by atoms with Gasteiger partial charge in [-0.2, -0.15) is 0 Å². The first kappa shape index (κ1) is 26.3. The number of rotatable bonds is 5. The zero-order valence-corrected chi connectivity index (χ0v) is 22.3. The van der Waals surface area contributed by atoms with Crippen molar-refractivity contribution in [3.8, 4) is 11.3 Å². The number of urea groups is 1. The molecule has 0 aliphatic carbocycles. The van der Waals surface area contributed by atoms with E-state index in [-0.39, 0.29) is 24.0 Å². The Kier molecular flexibility index (Phi) is 7.83. The summed E-state index contributed by atoms with van der Waals surface area (Å²) in [7, 11) is 1.53.